The third-order valence-electron chi connectivity index (χ3n) is 2.63. The number of hydrogen-bond acceptors (Lipinski definition) is 3. The van der Waals surface area contributed by atoms with Crippen molar-refractivity contribution in [2.24, 2.45) is 0 Å². The summed E-state index contributed by atoms with van der Waals surface area (Å²) < 4.78 is 6.80. The molecule has 0 saturated heterocycles. The third-order valence-corrected chi connectivity index (χ3v) is 3.06. The minimum absolute atomic E-state index is 0.498. The van der Waals surface area contributed by atoms with Crippen LogP contribution >= 0.6 is 15.9 Å². The molecule has 0 amide bonds. The first kappa shape index (κ1) is 12.9. The Kier molecular flexibility index (Phi) is 3.87. The number of ether oxygens (including phenoxy) is 1. The minimum Gasteiger partial charge on any atom is -0.488 e. The van der Waals surface area contributed by atoms with E-state index in [1.165, 1.54) is 0 Å². The second-order valence-electron chi connectivity index (χ2n) is 4.28. The molecule has 4 heteroatoms. The highest BCUT2D eigenvalue weighted by Crippen LogP contribution is 2.26. The van der Waals surface area contributed by atoms with Crippen molar-refractivity contribution in [2.75, 3.05) is 5.73 Å². The van der Waals surface area contributed by atoms with Gasteiger partial charge in [-0.3, -0.25) is 4.98 Å². The number of nitrogens with two attached hydrogens (primary N) is 1. The van der Waals surface area contributed by atoms with Gasteiger partial charge in [0, 0.05) is 28.1 Å². The second-order valence-corrected chi connectivity index (χ2v) is 5.20. The lowest BCUT2D eigenvalue weighted by atomic mass is 10.1. The fraction of sp³-hybridized carbons (Fsp3) is 0.214. The number of nitrogen functional groups attached to an aromatic ring is 1. The van der Waals surface area contributed by atoms with Crippen molar-refractivity contribution in [1.29, 1.82) is 0 Å². The maximum absolute atomic E-state index is 5.85. The summed E-state index contributed by atoms with van der Waals surface area (Å²) in [6.45, 7) is 4.49. The molecule has 3 nitrogen and oxygen atoms in total. The summed E-state index contributed by atoms with van der Waals surface area (Å²) >= 11 is 3.39. The summed E-state index contributed by atoms with van der Waals surface area (Å²) in [6, 6.07) is 5.83. The van der Waals surface area contributed by atoms with Gasteiger partial charge in [0.2, 0.25) is 0 Å². The van der Waals surface area contributed by atoms with Crippen LogP contribution in [-0.2, 0) is 6.61 Å². The molecule has 0 bridgehead atoms. The zero-order valence-electron chi connectivity index (χ0n) is 10.4. The predicted octanol–water partition coefficient (Wildman–Crippen LogP) is 3.62. The predicted molar refractivity (Wildman–Crippen MR) is 76.6 cm³/mol. The molecule has 0 atom stereocenters. The van der Waals surface area contributed by atoms with Crippen molar-refractivity contribution in [2.45, 2.75) is 20.5 Å². The number of hydrogen-bond donors (Lipinski definition) is 1. The average Bonchev–Trinajstić information content (AvgIpc) is 2.27. The topological polar surface area (TPSA) is 48.1 Å². The lowest BCUT2D eigenvalue weighted by Crippen LogP contribution is -2.00. The smallest absolute Gasteiger partial charge is 0.125 e. The molecule has 0 aliphatic heterocycles. The fourth-order valence-corrected chi connectivity index (χ4v) is 2.31. The molecule has 1 heterocycles. The molecule has 0 aliphatic rings. The molecule has 0 aliphatic carbocycles. The van der Waals surface area contributed by atoms with Gasteiger partial charge in [0.15, 0.2) is 0 Å². The van der Waals surface area contributed by atoms with Crippen LogP contribution in [0.15, 0.2) is 35.1 Å². The van der Waals surface area contributed by atoms with E-state index < -0.39 is 0 Å². The van der Waals surface area contributed by atoms with Gasteiger partial charge in [0.25, 0.3) is 0 Å². The molecule has 0 unspecified atom stereocenters. The van der Waals surface area contributed by atoms with Crippen molar-refractivity contribution in [3.63, 3.8) is 0 Å². The van der Waals surface area contributed by atoms with E-state index in [1.54, 1.807) is 12.4 Å². The Morgan fingerprint density at radius 3 is 2.44 bits per heavy atom. The van der Waals surface area contributed by atoms with Gasteiger partial charge in [0.1, 0.15) is 12.4 Å². The molecule has 1 aromatic heterocycles. The molecule has 94 valence electrons. The number of nitrogens with zero attached hydrogens (tertiary/aromatic N) is 1. The lowest BCUT2D eigenvalue weighted by molar-refractivity contribution is 0.301. The van der Waals surface area contributed by atoms with Crippen LogP contribution in [0.25, 0.3) is 0 Å². The van der Waals surface area contributed by atoms with E-state index in [4.69, 9.17) is 10.5 Å². The summed E-state index contributed by atoms with van der Waals surface area (Å²) in [6.07, 6.45) is 3.55. The van der Waals surface area contributed by atoms with Crippen LogP contribution in [0.5, 0.6) is 5.75 Å². The Bertz CT molecular complexity index is 546. The summed E-state index contributed by atoms with van der Waals surface area (Å²) in [5.74, 6) is 0.893. The average molecular weight is 307 g/mol. The molecule has 0 saturated carbocycles. The normalized spacial score (nSPS) is 10.4. The number of aryl methyl sites for hydroxylation is 2. The van der Waals surface area contributed by atoms with E-state index >= 15 is 0 Å². The fourth-order valence-electron chi connectivity index (χ4n) is 1.90. The minimum atomic E-state index is 0.498. The number of anilines is 1. The van der Waals surface area contributed by atoms with Gasteiger partial charge >= 0.3 is 0 Å². The molecule has 1 aromatic carbocycles. The first-order valence-electron chi connectivity index (χ1n) is 5.65. The molecule has 0 fully saturated rings. The van der Waals surface area contributed by atoms with Crippen molar-refractivity contribution in [3.8, 4) is 5.75 Å². The first-order valence-corrected chi connectivity index (χ1v) is 6.44. The van der Waals surface area contributed by atoms with Gasteiger partial charge in [-0.2, -0.15) is 0 Å². The summed E-state index contributed by atoms with van der Waals surface area (Å²) in [5.41, 5.74) is 9.68. The Balaban J connectivity index is 2.16. The standard InChI is InChI=1S/C14H15BrN2O/c1-9-3-13(16)4-10(2)14(9)18-8-11-5-12(15)7-17-6-11/h3-7H,8,16H2,1-2H3. The van der Waals surface area contributed by atoms with Gasteiger partial charge in [-0.05, 0) is 59.1 Å². The van der Waals surface area contributed by atoms with E-state index in [0.29, 0.717) is 6.61 Å². The quantitative estimate of drug-likeness (QED) is 0.881. The molecular weight excluding hydrogens is 292 g/mol. The second kappa shape index (κ2) is 5.40. The number of halogens is 1. The van der Waals surface area contributed by atoms with E-state index in [1.807, 2.05) is 32.0 Å². The van der Waals surface area contributed by atoms with E-state index in [0.717, 1.165) is 32.6 Å². The molecule has 18 heavy (non-hydrogen) atoms. The maximum atomic E-state index is 5.85. The van der Waals surface area contributed by atoms with E-state index in [9.17, 15) is 0 Å². The highest BCUT2D eigenvalue weighted by molar-refractivity contribution is 9.10. The van der Waals surface area contributed by atoms with Crippen LogP contribution in [0.1, 0.15) is 16.7 Å². The van der Waals surface area contributed by atoms with E-state index in [-0.39, 0.29) is 0 Å². The number of pyridine rings is 1. The molecule has 0 spiro atoms. The summed E-state index contributed by atoms with van der Waals surface area (Å²) in [7, 11) is 0. The van der Waals surface area contributed by atoms with Gasteiger partial charge in [-0.15, -0.1) is 0 Å². The highest BCUT2D eigenvalue weighted by atomic mass is 79.9. The van der Waals surface area contributed by atoms with Gasteiger partial charge in [-0.25, -0.2) is 0 Å². The molecule has 2 rings (SSSR count). The Labute approximate surface area is 115 Å². The summed E-state index contributed by atoms with van der Waals surface area (Å²) in [4.78, 5) is 4.11. The Morgan fingerprint density at radius 1 is 1.17 bits per heavy atom. The SMILES string of the molecule is Cc1cc(N)cc(C)c1OCc1cncc(Br)c1. The zero-order valence-corrected chi connectivity index (χ0v) is 12.0. The Morgan fingerprint density at radius 2 is 1.83 bits per heavy atom. The monoisotopic (exact) mass is 306 g/mol. The van der Waals surface area contributed by atoms with Gasteiger partial charge in [-0.1, -0.05) is 0 Å². The highest BCUT2D eigenvalue weighted by Gasteiger charge is 2.06. The van der Waals surface area contributed by atoms with Crippen LogP contribution in [0.3, 0.4) is 0 Å². The van der Waals surface area contributed by atoms with Gasteiger partial charge < -0.3 is 10.5 Å². The molecule has 2 N–H and O–H groups in total. The largest absolute Gasteiger partial charge is 0.488 e. The van der Waals surface area contributed by atoms with Gasteiger partial charge in [0.05, 0.1) is 0 Å². The van der Waals surface area contributed by atoms with Crippen LogP contribution in [0.2, 0.25) is 0 Å². The number of rotatable bonds is 3. The summed E-state index contributed by atoms with van der Waals surface area (Å²) in [5, 5.41) is 0. The van der Waals surface area contributed by atoms with Crippen molar-refractivity contribution in [3.05, 3.63) is 51.8 Å². The van der Waals surface area contributed by atoms with Crippen LogP contribution < -0.4 is 10.5 Å². The van der Waals surface area contributed by atoms with E-state index in [2.05, 4.69) is 20.9 Å². The first-order chi connectivity index (χ1) is 8.56. The molecule has 2 aromatic rings. The van der Waals surface area contributed by atoms with Crippen LogP contribution in [0.4, 0.5) is 5.69 Å². The van der Waals surface area contributed by atoms with Crippen LogP contribution in [-0.4, -0.2) is 4.98 Å². The number of aromatic nitrogens is 1. The molecule has 0 radical (unpaired) electrons. The Hall–Kier alpha value is -1.55. The molecular formula is C14H15BrN2O. The lowest BCUT2D eigenvalue weighted by Gasteiger charge is -2.13. The zero-order chi connectivity index (χ0) is 13.1. The van der Waals surface area contributed by atoms with Crippen LogP contribution in [0, 0.1) is 13.8 Å². The number of benzene rings is 1. The van der Waals surface area contributed by atoms with Crippen molar-refractivity contribution >= 4 is 21.6 Å². The van der Waals surface area contributed by atoms with Crippen molar-refractivity contribution < 1.29 is 4.74 Å². The maximum Gasteiger partial charge on any atom is 0.125 e. The third kappa shape index (κ3) is 3.01. The van der Waals surface area contributed by atoms with Crippen molar-refractivity contribution in [1.82, 2.24) is 4.98 Å².